The van der Waals surface area contributed by atoms with Crippen LogP contribution >= 0.6 is 0 Å². The molecule has 0 fully saturated rings. The number of pyridine rings is 2. The zero-order valence-corrected chi connectivity index (χ0v) is 16.3. The Bertz CT molecular complexity index is 1280. The summed E-state index contributed by atoms with van der Waals surface area (Å²) < 4.78 is 0. The van der Waals surface area contributed by atoms with Crippen LogP contribution in [-0.2, 0) is 6.54 Å². The van der Waals surface area contributed by atoms with Gasteiger partial charge in [-0.15, -0.1) is 0 Å². The Labute approximate surface area is 168 Å². The van der Waals surface area contributed by atoms with Crippen molar-refractivity contribution in [2.45, 2.75) is 6.54 Å². The lowest BCUT2D eigenvalue weighted by molar-refractivity contribution is 0.403. The smallest absolute Gasteiger partial charge is 0.209 e. The first kappa shape index (κ1) is 18.6. The zero-order valence-electron chi connectivity index (χ0n) is 16.3. The minimum atomic E-state index is -0.301. The fraction of sp³-hybridized carbons (Fsp3) is 0.125. The van der Waals surface area contributed by atoms with Crippen LogP contribution < -0.4 is 5.43 Å². The molecule has 0 radical (unpaired) electrons. The third kappa shape index (κ3) is 3.54. The normalized spacial score (nSPS) is 11.0. The van der Waals surface area contributed by atoms with Crippen molar-refractivity contribution in [1.29, 1.82) is 5.26 Å². The average Bonchev–Trinajstić information content (AvgIpc) is 2.74. The number of nitriles is 1. The van der Waals surface area contributed by atoms with Gasteiger partial charge < -0.3 is 9.88 Å². The van der Waals surface area contributed by atoms with Crippen LogP contribution in [0.2, 0.25) is 0 Å². The molecule has 4 aromatic rings. The van der Waals surface area contributed by atoms with Crippen molar-refractivity contribution < 1.29 is 0 Å². The van der Waals surface area contributed by atoms with Crippen LogP contribution in [0.15, 0.2) is 71.8 Å². The number of nitrogens with zero attached hydrogens (tertiary/aromatic N) is 3. The Morgan fingerprint density at radius 3 is 2.48 bits per heavy atom. The molecule has 0 spiro atoms. The van der Waals surface area contributed by atoms with Gasteiger partial charge in [0.2, 0.25) is 5.43 Å². The van der Waals surface area contributed by atoms with Gasteiger partial charge >= 0.3 is 0 Å². The predicted octanol–water partition coefficient (Wildman–Crippen LogP) is 4.19. The van der Waals surface area contributed by atoms with E-state index in [4.69, 9.17) is 0 Å². The fourth-order valence-electron chi connectivity index (χ4n) is 3.55. The molecule has 2 heterocycles. The first-order chi connectivity index (χ1) is 14.1. The molecule has 0 aliphatic carbocycles. The zero-order chi connectivity index (χ0) is 20.4. The van der Waals surface area contributed by atoms with E-state index in [2.05, 4.69) is 47.2 Å². The lowest BCUT2D eigenvalue weighted by Gasteiger charge is -2.15. The van der Waals surface area contributed by atoms with Gasteiger partial charge in [0.1, 0.15) is 11.6 Å². The van der Waals surface area contributed by atoms with Crippen molar-refractivity contribution in [3.8, 4) is 28.5 Å². The van der Waals surface area contributed by atoms with Gasteiger partial charge in [-0.05, 0) is 42.4 Å². The molecule has 142 valence electrons. The molecular formula is C24H20N4O. The van der Waals surface area contributed by atoms with Gasteiger partial charge in [-0.25, -0.2) is 0 Å². The molecule has 4 rings (SSSR count). The molecule has 0 bridgehead atoms. The monoisotopic (exact) mass is 380 g/mol. The van der Waals surface area contributed by atoms with Gasteiger partial charge in [0.15, 0.2) is 0 Å². The van der Waals surface area contributed by atoms with Crippen LogP contribution in [0.3, 0.4) is 0 Å². The molecule has 0 saturated heterocycles. The molecule has 1 N–H and O–H groups in total. The van der Waals surface area contributed by atoms with Gasteiger partial charge in [0.05, 0.1) is 16.6 Å². The highest BCUT2D eigenvalue weighted by molar-refractivity contribution is 5.84. The number of benzene rings is 2. The Morgan fingerprint density at radius 1 is 1.03 bits per heavy atom. The highest BCUT2D eigenvalue weighted by Gasteiger charge is 2.14. The number of aromatic nitrogens is 2. The summed E-state index contributed by atoms with van der Waals surface area (Å²) >= 11 is 0. The summed E-state index contributed by atoms with van der Waals surface area (Å²) in [6.45, 7) is 0.850. The minimum absolute atomic E-state index is 0.103. The molecule has 0 unspecified atom stereocenters. The highest BCUT2D eigenvalue weighted by Crippen LogP contribution is 2.28. The second kappa shape index (κ2) is 7.70. The van der Waals surface area contributed by atoms with Crippen molar-refractivity contribution in [3.63, 3.8) is 0 Å². The maximum atomic E-state index is 12.7. The van der Waals surface area contributed by atoms with Gasteiger partial charge in [-0.3, -0.25) is 9.78 Å². The molecule has 2 aromatic carbocycles. The van der Waals surface area contributed by atoms with Crippen LogP contribution in [0.4, 0.5) is 0 Å². The van der Waals surface area contributed by atoms with Crippen molar-refractivity contribution in [2.24, 2.45) is 0 Å². The SMILES string of the molecule is CN(C)Cc1ccccc1-c1ccc(-c2[nH]c3ccncc3c(=O)c2C#N)cc1. The number of hydrogen-bond acceptors (Lipinski definition) is 4. The minimum Gasteiger partial charge on any atom is -0.353 e. The highest BCUT2D eigenvalue weighted by atomic mass is 16.1. The van der Waals surface area contributed by atoms with Crippen LogP contribution in [0.5, 0.6) is 0 Å². The van der Waals surface area contributed by atoms with Gasteiger partial charge in [0.25, 0.3) is 0 Å². The van der Waals surface area contributed by atoms with Gasteiger partial charge in [0, 0.05) is 18.9 Å². The molecule has 0 amide bonds. The first-order valence-electron chi connectivity index (χ1n) is 9.32. The molecule has 29 heavy (non-hydrogen) atoms. The van der Waals surface area contributed by atoms with Crippen molar-refractivity contribution in [2.75, 3.05) is 14.1 Å². The largest absolute Gasteiger partial charge is 0.353 e. The van der Waals surface area contributed by atoms with Crippen LogP contribution in [0, 0.1) is 11.3 Å². The molecule has 0 atom stereocenters. The summed E-state index contributed by atoms with van der Waals surface area (Å²) in [4.78, 5) is 22.1. The van der Waals surface area contributed by atoms with E-state index in [1.807, 2.05) is 36.4 Å². The lowest BCUT2D eigenvalue weighted by atomic mass is 9.97. The summed E-state index contributed by atoms with van der Waals surface area (Å²) in [5.74, 6) is 0. The Kier molecular flexibility index (Phi) is 4.94. The Balaban J connectivity index is 1.81. The van der Waals surface area contributed by atoms with Crippen molar-refractivity contribution in [1.82, 2.24) is 14.9 Å². The number of rotatable bonds is 4. The second-order valence-electron chi connectivity index (χ2n) is 7.21. The third-order valence-electron chi connectivity index (χ3n) is 4.90. The molecule has 0 aliphatic heterocycles. The van der Waals surface area contributed by atoms with E-state index < -0.39 is 0 Å². The van der Waals surface area contributed by atoms with Crippen molar-refractivity contribution in [3.05, 3.63) is 88.3 Å². The van der Waals surface area contributed by atoms with E-state index in [9.17, 15) is 10.1 Å². The van der Waals surface area contributed by atoms with E-state index >= 15 is 0 Å². The molecular weight excluding hydrogens is 360 g/mol. The number of hydrogen-bond donors (Lipinski definition) is 1. The van der Waals surface area contributed by atoms with Gasteiger partial charge in [-0.1, -0.05) is 48.5 Å². The molecule has 0 aliphatic rings. The Hall–Kier alpha value is -3.75. The van der Waals surface area contributed by atoms with E-state index in [1.54, 1.807) is 12.3 Å². The quantitative estimate of drug-likeness (QED) is 0.576. The van der Waals surface area contributed by atoms with Crippen molar-refractivity contribution >= 4 is 10.9 Å². The average molecular weight is 380 g/mol. The number of fused-ring (bicyclic) bond motifs is 1. The van der Waals surface area contributed by atoms with E-state index in [0.29, 0.717) is 16.6 Å². The van der Waals surface area contributed by atoms with Crippen LogP contribution in [-0.4, -0.2) is 29.0 Å². The molecule has 5 nitrogen and oxygen atoms in total. The van der Waals surface area contributed by atoms with E-state index in [1.165, 1.54) is 17.3 Å². The fourth-order valence-corrected chi connectivity index (χ4v) is 3.55. The van der Waals surface area contributed by atoms with Crippen LogP contribution in [0.1, 0.15) is 11.1 Å². The summed E-state index contributed by atoms with van der Waals surface area (Å²) in [5.41, 5.74) is 5.31. The maximum absolute atomic E-state index is 12.7. The lowest BCUT2D eigenvalue weighted by Crippen LogP contribution is -2.11. The number of nitrogens with one attached hydrogen (secondary N) is 1. The predicted molar refractivity (Wildman–Crippen MR) is 115 cm³/mol. The topological polar surface area (TPSA) is 72.8 Å². The number of aromatic amines is 1. The van der Waals surface area contributed by atoms with E-state index in [-0.39, 0.29) is 11.0 Å². The summed E-state index contributed by atoms with van der Waals surface area (Å²) in [6, 6.07) is 20.1. The number of H-pyrrole nitrogens is 1. The third-order valence-corrected chi connectivity index (χ3v) is 4.90. The molecule has 5 heteroatoms. The Morgan fingerprint density at radius 2 is 1.76 bits per heavy atom. The second-order valence-corrected chi connectivity index (χ2v) is 7.21. The first-order valence-corrected chi connectivity index (χ1v) is 9.32. The van der Waals surface area contributed by atoms with Gasteiger partial charge in [-0.2, -0.15) is 5.26 Å². The maximum Gasteiger partial charge on any atom is 0.209 e. The standard InChI is InChI=1S/C24H20N4O/c1-28(2)15-18-5-3-4-6-19(18)16-7-9-17(10-8-16)23-20(13-25)24(29)21-14-26-12-11-22(21)27-23/h3-12,14H,15H2,1-2H3,(H,27,29). The summed E-state index contributed by atoms with van der Waals surface area (Å²) in [5, 5.41) is 10.00. The molecule has 0 saturated carbocycles. The summed E-state index contributed by atoms with van der Waals surface area (Å²) in [7, 11) is 4.10. The van der Waals surface area contributed by atoms with E-state index in [0.717, 1.165) is 17.7 Å². The molecule has 2 aromatic heterocycles. The summed E-state index contributed by atoms with van der Waals surface area (Å²) in [6.07, 6.45) is 3.11. The van der Waals surface area contributed by atoms with Crippen LogP contribution in [0.25, 0.3) is 33.3 Å².